The third-order valence-electron chi connectivity index (χ3n) is 4.36. The lowest BCUT2D eigenvalue weighted by Gasteiger charge is -2.36. The summed E-state index contributed by atoms with van der Waals surface area (Å²) in [6, 6.07) is 11.8. The lowest BCUT2D eigenvalue weighted by atomic mass is 10.1. The average molecular weight is 345 g/mol. The van der Waals surface area contributed by atoms with Crippen LogP contribution in [0.25, 0.3) is 0 Å². The smallest absolute Gasteiger partial charge is 0.317 e. The van der Waals surface area contributed by atoms with Crippen LogP contribution in [0.2, 0.25) is 0 Å². The number of carbonyl (C=O) groups excluding carboxylic acids is 1. The van der Waals surface area contributed by atoms with E-state index in [0.29, 0.717) is 38.4 Å². The minimum atomic E-state index is -0.851. The molecule has 1 aliphatic heterocycles. The van der Waals surface area contributed by atoms with Crippen molar-refractivity contribution in [3.8, 4) is 0 Å². The first-order chi connectivity index (χ1) is 12.0. The fraction of sp³-hybridized carbons (Fsp3) is 0.316. The van der Waals surface area contributed by atoms with Crippen LogP contribution in [0, 0.1) is 18.6 Å². The van der Waals surface area contributed by atoms with Gasteiger partial charge in [-0.2, -0.15) is 0 Å². The van der Waals surface area contributed by atoms with Crippen LogP contribution in [-0.4, -0.2) is 37.1 Å². The van der Waals surface area contributed by atoms with Crippen molar-refractivity contribution in [1.29, 1.82) is 0 Å². The van der Waals surface area contributed by atoms with E-state index in [4.69, 9.17) is 0 Å². The molecule has 0 aromatic heterocycles. The predicted octanol–water partition coefficient (Wildman–Crippen LogP) is 3.31. The molecule has 132 valence electrons. The summed E-state index contributed by atoms with van der Waals surface area (Å²) in [5, 5.41) is 2.93. The number of hydrogen-bond acceptors (Lipinski definition) is 2. The summed E-state index contributed by atoms with van der Waals surface area (Å²) in [5.41, 5.74) is 2.86. The second-order valence-corrected chi connectivity index (χ2v) is 6.22. The Labute approximate surface area is 146 Å². The Hall–Kier alpha value is -2.63. The van der Waals surface area contributed by atoms with E-state index in [-0.39, 0.29) is 6.03 Å². The molecule has 4 nitrogen and oxygen atoms in total. The predicted molar refractivity (Wildman–Crippen MR) is 93.6 cm³/mol. The molecule has 0 unspecified atom stereocenters. The van der Waals surface area contributed by atoms with Crippen LogP contribution in [0.1, 0.15) is 11.1 Å². The standard InChI is InChI=1S/C19H21F2N3O/c1-14-3-2-4-15(11-14)13-22-19(25)24-9-7-23(8-10-24)16-5-6-17(20)18(21)12-16/h2-6,11-12H,7-10,13H2,1H3,(H,22,25). The number of anilines is 1. The minimum absolute atomic E-state index is 0.105. The number of rotatable bonds is 3. The van der Waals surface area contributed by atoms with Crippen LogP contribution in [0.15, 0.2) is 42.5 Å². The van der Waals surface area contributed by atoms with E-state index in [0.717, 1.165) is 17.2 Å². The van der Waals surface area contributed by atoms with E-state index in [2.05, 4.69) is 5.32 Å². The van der Waals surface area contributed by atoms with Gasteiger partial charge in [0.2, 0.25) is 0 Å². The van der Waals surface area contributed by atoms with E-state index in [1.165, 1.54) is 6.07 Å². The number of nitrogens with zero attached hydrogens (tertiary/aromatic N) is 2. The van der Waals surface area contributed by atoms with E-state index < -0.39 is 11.6 Å². The average Bonchev–Trinajstić information content (AvgIpc) is 2.62. The summed E-state index contributed by atoms with van der Waals surface area (Å²) >= 11 is 0. The van der Waals surface area contributed by atoms with Crippen LogP contribution in [0.3, 0.4) is 0 Å². The topological polar surface area (TPSA) is 35.6 Å². The van der Waals surface area contributed by atoms with Gasteiger partial charge in [-0.25, -0.2) is 13.6 Å². The molecule has 1 N–H and O–H groups in total. The molecule has 0 radical (unpaired) electrons. The van der Waals surface area contributed by atoms with Gasteiger partial charge >= 0.3 is 6.03 Å². The maximum Gasteiger partial charge on any atom is 0.317 e. The first-order valence-electron chi connectivity index (χ1n) is 8.31. The van der Waals surface area contributed by atoms with Crippen LogP contribution in [-0.2, 0) is 6.54 Å². The summed E-state index contributed by atoms with van der Waals surface area (Å²) < 4.78 is 26.4. The molecule has 0 saturated carbocycles. The first-order valence-corrected chi connectivity index (χ1v) is 8.31. The third kappa shape index (κ3) is 4.26. The molecule has 2 aromatic rings. The molecular formula is C19H21F2N3O. The van der Waals surface area contributed by atoms with Crippen molar-refractivity contribution in [1.82, 2.24) is 10.2 Å². The monoisotopic (exact) mass is 345 g/mol. The van der Waals surface area contributed by atoms with Crippen LogP contribution >= 0.6 is 0 Å². The van der Waals surface area contributed by atoms with Gasteiger partial charge < -0.3 is 15.1 Å². The van der Waals surface area contributed by atoms with E-state index >= 15 is 0 Å². The quantitative estimate of drug-likeness (QED) is 0.926. The van der Waals surface area contributed by atoms with Gasteiger partial charge in [-0.3, -0.25) is 0 Å². The van der Waals surface area contributed by atoms with Crippen molar-refractivity contribution < 1.29 is 13.6 Å². The van der Waals surface area contributed by atoms with E-state index in [9.17, 15) is 13.6 Å². The maximum atomic E-state index is 13.4. The zero-order valence-electron chi connectivity index (χ0n) is 14.1. The molecule has 1 heterocycles. The summed E-state index contributed by atoms with van der Waals surface area (Å²) in [7, 11) is 0. The normalized spacial score (nSPS) is 14.5. The SMILES string of the molecule is Cc1cccc(CNC(=O)N2CCN(c3ccc(F)c(F)c3)CC2)c1. The fourth-order valence-electron chi connectivity index (χ4n) is 2.96. The van der Waals surface area contributed by atoms with Crippen molar-refractivity contribution in [3.63, 3.8) is 0 Å². The molecule has 3 rings (SSSR count). The molecule has 0 aliphatic carbocycles. The number of nitrogens with one attached hydrogen (secondary N) is 1. The number of piperazine rings is 1. The molecule has 0 spiro atoms. The Kier molecular flexibility index (Phi) is 5.16. The number of aryl methyl sites for hydroxylation is 1. The Morgan fingerprint density at radius 3 is 2.48 bits per heavy atom. The molecule has 2 aromatic carbocycles. The fourth-order valence-corrected chi connectivity index (χ4v) is 2.96. The number of halogens is 2. The van der Waals surface area contributed by atoms with Crippen molar-refractivity contribution in [2.45, 2.75) is 13.5 Å². The maximum absolute atomic E-state index is 13.4. The van der Waals surface area contributed by atoms with Crippen molar-refractivity contribution in [2.75, 3.05) is 31.1 Å². The van der Waals surface area contributed by atoms with Crippen molar-refractivity contribution in [2.24, 2.45) is 0 Å². The molecule has 2 amide bonds. The molecular weight excluding hydrogens is 324 g/mol. The highest BCUT2D eigenvalue weighted by Gasteiger charge is 2.21. The molecule has 6 heteroatoms. The number of benzene rings is 2. The molecule has 1 aliphatic rings. The zero-order chi connectivity index (χ0) is 17.8. The van der Waals surface area contributed by atoms with Crippen LogP contribution in [0.4, 0.5) is 19.3 Å². The lowest BCUT2D eigenvalue weighted by molar-refractivity contribution is 0.194. The summed E-state index contributed by atoms with van der Waals surface area (Å²) in [6.45, 7) is 4.76. The number of urea groups is 1. The Bertz CT molecular complexity index is 758. The highest BCUT2D eigenvalue weighted by molar-refractivity contribution is 5.74. The molecule has 0 atom stereocenters. The van der Waals surface area contributed by atoms with Gasteiger partial charge in [-0.15, -0.1) is 0 Å². The summed E-state index contributed by atoms with van der Waals surface area (Å²) in [5.74, 6) is -1.70. The van der Waals surface area contributed by atoms with Gasteiger partial charge in [0.25, 0.3) is 0 Å². The van der Waals surface area contributed by atoms with Gasteiger partial charge in [0, 0.05) is 44.5 Å². The highest BCUT2D eigenvalue weighted by Crippen LogP contribution is 2.19. The number of amides is 2. The zero-order valence-corrected chi connectivity index (χ0v) is 14.1. The van der Waals surface area contributed by atoms with E-state index in [1.54, 1.807) is 11.0 Å². The van der Waals surface area contributed by atoms with Crippen molar-refractivity contribution in [3.05, 3.63) is 65.2 Å². The second-order valence-electron chi connectivity index (χ2n) is 6.22. The van der Waals surface area contributed by atoms with Gasteiger partial charge in [0.05, 0.1) is 0 Å². The second kappa shape index (κ2) is 7.51. The third-order valence-corrected chi connectivity index (χ3v) is 4.36. The molecule has 1 fully saturated rings. The van der Waals surface area contributed by atoms with Crippen molar-refractivity contribution >= 4 is 11.7 Å². The van der Waals surface area contributed by atoms with Gasteiger partial charge in [0.1, 0.15) is 0 Å². The summed E-state index contributed by atoms with van der Waals surface area (Å²) in [6.07, 6.45) is 0. The Balaban J connectivity index is 1.51. The summed E-state index contributed by atoms with van der Waals surface area (Å²) in [4.78, 5) is 16.0. The molecule has 25 heavy (non-hydrogen) atoms. The number of carbonyl (C=O) groups is 1. The molecule has 1 saturated heterocycles. The van der Waals surface area contributed by atoms with Gasteiger partial charge in [0.15, 0.2) is 11.6 Å². The first kappa shape index (κ1) is 17.2. The lowest BCUT2D eigenvalue weighted by Crippen LogP contribution is -2.51. The Morgan fingerprint density at radius 2 is 1.80 bits per heavy atom. The minimum Gasteiger partial charge on any atom is -0.368 e. The highest BCUT2D eigenvalue weighted by atomic mass is 19.2. The van der Waals surface area contributed by atoms with Crippen LogP contribution < -0.4 is 10.2 Å². The van der Waals surface area contributed by atoms with Gasteiger partial charge in [-0.1, -0.05) is 29.8 Å². The van der Waals surface area contributed by atoms with Gasteiger partial charge in [-0.05, 0) is 24.6 Å². The van der Waals surface area contributed by atoms with Crippen LogP contribution in [0.5, 0.6) is 0 Å². The molecule has 0 bridgehead atoms. The number of hydrogen-bond donors (Lipinski definition) is 1. The Morgan fingerprint density at radius 1 is 1.04 bits per heavy atom. The largest absolute Gasteiger partial charge is 0.368 e. The van der Waals surface area contributed by atoms with E-state index in [1.807, 2.05) is 36.1 Å².